The van der Waals surface area contributed by atoms with Gasteiger partial charge in [0, 0.05) is 0 Å². The van der Waals surface area contributed by atoms with E-state index in [0.29, 0.717) is 0 Å². The molecule has 162 valence electrons. The molecule has 0 heterocycles. The first-order chi connectivity index (χ1) is 13.4. The maximum absolute atomic E-state index is 2.39. The van der Waals surface area contributed by atoms with Crippen LogP contribution in [0.5, 0.6) is 0 Å². The van der Waals surface area contributed by atoms with E-state index in [1.807, 2.05) is 0 Å². The van der Waals surface area contributed by atoms with Gasteiger partial charge in [-0.1, -0.05) is 154 Å². The SMILES string of the molecule is CCCC=CCCCCCCCCCCCCCCCCCCCCCC. The molecule has 0 nitrogen and oxygen atoms in total. The second-order valence-electron chi connectivity index (χ2n) is 8.77. The van der Waals surface area contributed by atoms with Gasteiger partial charge in [-0.25, -0.2) is 0 Å². The molecule has 0 fully saturated rings. The van der Waals surface area contributed by atoms with E-state index in [0.717, 1.165) is 0 Å². The molecule has 0 radical (unpaired) electrons. The Morgan fingerprint density at radius 2 is 0.593 bits per heavy atom. The van der Waals surface area contributed by atoms with Crippen molar-refractivity contribution in [3.63, 3.8) is 0 Å². The molecule has 0 aliphatic rings. The quantitative estimate of drug-likeness (QED) is 0.122. The van der Waals surface area contributed by atoms with Gasteiger partial charge in [-0.3, -0.25) is 0 Å². The van der Waals surface area contributed by atoms with E-state index in [2.05, 4.69) is 26.0 Å². The summed E-state index contributed by atoms with van der Waals surface area (Å²) in [4.78, 5) is 0. The molecule has 0 aliphatic carbocycles. The van der Waals surface area contributed by atoms with Crippen LogP contribution in [0.2, 0.25) is 0 Å². The Morgan fingerprint density at radius 3 is 0.926 bits per heavy atom. The van der Waals surface area contributed by atoms with Crippen molar-refractivity contribution in [3.05, 3.63) is 12.2 Å². The molecule has 0 aliphatic heterocycles. The van der Waals surface area contributed by atoms with Crippen molar-refractivity contribution in [3.8, 4) is 0 Å². The van der Waals surface area contributed by atoms with E-state index in [4.69, 9.17) is 0 Å². The molecule has 0 saturated heterocycles. The lowest BCUT2D eigenvalue weighted by Gasteiger charge is -2.04. The molecule has 0 heteroatoms. The minimum atomic E-state index is 1.26. The lowest BCUT2D eigenvalue weighted by Crippen LogP contribution is -1.84. The highest BCUT2D eigenvalue weighted by molar-refractivity contribution is 4.80. The molecule has 0 bridgehead atoms. The number of allylic oxidation sites excluding steroid dienone is 2. The predicted molar refractivity (Wildman–Crippen MR) is 127 cm³/mol. The molecular weight excluding hydrogens is 324 g/mol. The van der Waals surface area contributed by atoms with Crippen molar-refractivity contribution in [2.75, 3.05) is 0 Å². The minimum Gasteiger partial charge on any atom is -0.0885 e. The van der Waals surface area contributed by atoms with Crippen LogP contribution in [0.4, 0.5) is 0 Å². The van der Waals surface area contributed by atoms with Crippen molar-refractivity contribution < 1.29 is 0 Å². The molecule has 0 rings (SSSR count). The number of rotatable bonds is 23. The zero-order valence-electron chi connectivity index (χ0n) is 19.4. The topological polar surface area (TPSA) is 0 Å². The molecule has 27 heavy (non-hydrogen) atoms. The first kappa shape index (κ1) is 26.7. The van der Waals surface area contributed by atoms with Gasteiger partial charge in [0.2, 0.25) is 0 Å². The standard InChI is InChI=1S/C27H54/c1-3-5-7-9-11-13-15-17-19-21-23-25-27-26-24-22-20-18-16-14-12-10-8-6-4-2/h7,9H,3-6,8,10-27H2,1-2H3. The summed E-state index contributed by atoms with van der Waals surface area (Å²) >= 11 is 0. The molecule has 0 aromatic heterocycles. The maximum Gasteiger partial charge on any atom is -0.0351 e. The predicted octanol–water partition coefficient (Wildman–Crippen LogP) is 10.6. The van der Waals surface area contributed by atoms with Crippen molar-refractivity contribution in [1.29, 1.82) is 0 Å². The Morgan fingerprint density at radius 1 is 0.296 bits per heavy atom. The summed E-state index contributed by atoms with van der Waals surface area (Å²) in [6, 6.07) is 0. The van der Waals surface area contributed by atoms with Gasteiger partial charge < -0.3 is 0 Å². The molecule has 0 aromatic carbocycles. The van der Waals surface area contributed by atoms with E-state index in [-0.39, 0.29) is 0 Å². The summed E-state index contributed by atoms with van der Waals surface area (Å²) in [7, 11) is 0. The zero-order chi connectivity index (χ0) is 19.7. The molecule has 0 aromatic rings. The summed E-state index contributed by atoms with van der Waals surface area (Å²) in [6.45, 7) is 4.55. The summed E-state index contributed by atoms with van der Waals surface area (Å²) in [5.74, 6) is 0. The fourth-order valence-corrected chi connectivity index (χ4v) is 3.92. The lowest BCUT2D eigenvalue weighted by atomic mass is 10.0. The first-order valence-corrected chi connectivity index (χ1v) is 13.1. The Kier molecular flexibility index (Phi) is 25.5. The third-order valence-corrected chi connectivity index (χ3v) is 5.85. The fraction of sp³-hybridized carbons (Fsp3) is 0.926. The third-order valence-electron chi connectivity index (χ3n) is 5.85. The summed E-state index contributed by atoms with van der Waals surface area (Å²) in [5, 5.41) is 0. The molecule has 0 N–H and O–H groups in total. The first-order valence-electron chi connectivity index (χ1n) is 13.1. The van der Waals surface area contributed by atoms with Crippen molar-refractivity contribution in [2.45, 2.75) is 162 Å². The molecule has 0 spiro atoms. The van der Waals surface area contributed by atoms with Gasteiger partial charge in [0.25, 0.3) is 0 Å². The van der Waals surface area contributed by atoms with Crippen LogP contribution in [0.1, 0.15) is 162 Å². The Bertz CT molecular complexity index is 265. The van der Waals surface area contributed by atoms with Gasteiger partial charge in [-0.05, 0) is 19.3 Å². The molecule has 0 atom stereocenters. The second kappa shape index (κ2) is 25.7. The molecule has 0 unspecified atom stereocenters. The highest BCUT2D eigenvalue weighted by Gasteiger charge is 1.95. The summed E-state index contributed by atoms with van der Waals surface area (Å²) < 4.78 is 0. The third kappa shape index (κ3) is 25.7. The highest BCUT2D eigenvalue weighted by Crippen LogP contribution is 2.15. The van der Waals surface area contributed by atoms with Crippen LogP contribution >= 0.6 is 0 Å². The van der Waals surface area contributed by atoms with Crippen LogP contribution in [-0.4, -0.2) is 0 Å². The van der Waals surface area contributed by atoms with Crippen LogP contribution in [0.25, 0.3) is 0 Å². The molecular formula is C27H54. The largest absolute Gasteiger partial charge is 0.0885 e. The Hall–Kier alpha value is -0.260. The van der Waals surface area contributed by atoms with Gasteiger partial charge in [0.15, 0.2) is 0 Å². The molecule has 0 saturated carbocycles. The van der Waals surface area contributed by atoms with Gasteiger partial charge in [-0.15, -0.1) is 0 Å². The van der Waals surface area contributed by atoms with Crippen LogP contribution in [0.3, 0.4) is 0 Å². The van der Waals surface area contributed by atoms with Gasteiger partial charge in [0.1, 0.15) is 0 Å². The normalized spacial score (nSPS) is 11.6. The Labute approximate surface area is 174 Å². The smallest absolute Gasteiger partial charge is 0.0351 e. The summed E-state index contributed by atoms with van der Waals surface area (Å²) in [5.41, 5.74) is 0. The Balaban J connectivity index is 2.99. The second-order valence-corrected chi connectivity index (χ2v) is 8.77. The zero-order valence-corrected chi connectivity index (χ0v) is 19.4. The monoisotopic (exact) mass is 378 g/mol. The van der Waals surface area contributed by atoms with Crippen molar-refractivity contribution in [2.24, 2.45) is 0 Å². The fourth-order valence-electron chi connectivity index (χ4n) is 3.92. The van der Waals surface area contributed by atoms with Crippen molar-refractivity contribution >= 4 is 0 Å². The minimum absolute atomic E-state index is 1.26. The van der Waals surface area contributed by atoms with E-state index in [9.17, 15) is 0 Å². The van der Waals surface area contributed by atoms with Gasteiger partial charge in [0.05, 0.1) is 0 Å². The van der Waals surface area contributed by atoms with Crippen molar-refractivity contribution in [1.82, 2.24) is 0 Å². The lowest BCUT2D eigenvalue weighted by molar-refractivity contribution is 0.522. The number of unbranched alkanes of at least 4 members (excludes halogenated alkanes) is 21. The van der Waals surface area contributed by atoms with Crippen LogP contribution in [-0.2, 0) is 0 Å². The van der Waals surface area contributed by atoms with E-state index >= 15 is 0 Å². The molecule has 0 amide bonds. The van der Waals surface area contributed by atoms with E-state index < -0.39 is 0 Å². The maximum atomic E-state index is 2.39. The van der Waals surface area contributed by atoms with Crippen LogP contribution < -0.4 is 0 Å². The average molecular weight is 379 g/mol. The number of hydrogen-bond donors (Lipinski definition) is 0. The average Bonchev–Trinajstić information content (AvgIpc) is 2.68. The van der Waals surface area contributed by atoms with Gasteiger partial charge >= 0.3 is 0 Å². The van der Waals surface area contributed by atoms with Crippen LogP contribution in [0, 0.1) is 0 Å². The van der Waals surface area contributed by atoms with E-state index in [1.54, 1.807) is 0 Å². The summed E-state index contributed by atoms with van der Waals surface area (Å²) in [6.07, 6.45) is 37.9. The van der Waals surface area contributed by atoms with E-state index in [1.165, 1.54) is 148 Å². The van der Waals surface area contributed by atoms with Gasteiger partial charge in [-0.2, -0.15) is 0 Å². The highest BCUT2D eigenvalue weighted by atomic mass is 14.0. The van der Waals surface area contributed by atoms with Crippen LogP contribution in [0.15, 0.2) is 12.2 Å². The number of hydrogen-bond acceptors (Lipinski definition) is 0.